The molecule has 3 aromatic carbocycles. The fraction of sp³-hybridized carbons (Fsp3) is 0.412. The van der Waals surface area contributed by atoms with Crippen molar-refractivity contribution in [2.75, 3.05) is 39.4 Å². The van der Waals surface area contributed by atoms with Gasteiger partial charge in [-0.3, -0.25) is 53.1 Å². The summed E-state index contributed by atoms with van der Waals surface area (Å²) in [4.78, 5) is 130. The maximum Gasteiger partial charge on any atom is 0.399 e. The number of alkyl halides is 2. The SMILES string of the molecule is CC(C)(C)C(NC(=O)c1cc2cc(C(F)(F)P(=O)(O)O)ccc2s1)C(=O)N1C[C@@H](OCC(=O)NCCCC#Cc2cccc3c2C(=O)N(C2CCC(=O)NC2=O)C3=O)C[C@H]1C(=O)N1CCO[C@H](c2ccccc2)C1. The summed E-state index contributed by atoms with van der Waals surface area (Å²) in [5.41, 5.74) is -5.02. The van der Waals surface area contributed by atoms with E-state index in [0.29, 0.717) is 16.7 Å². The first-order valence-corrected chi connectivity index (χ1v) is 26.2. The number of carbonyl (C=O) groups excluding carboxylic acids is 8. The minimum Gasteiger partial charge on any atom is -0.370 e. The van der Waals surface area contributed by atoms with Crippen molar-refractivity contribution in [2.45, 2.75) is 88.9 Å². The molecule has 4 aliphatic rings. The maximum atomic E-state index is 14.8. The van der Waals surface area contributed by atoms with Crippen LogP contribution in [-0.4, -0.2) is 135 Å². The molecule has 1 aromatic heterocycles. The Labute approximate surface area is 427 Å². The molecule has 23 heteroatoms. The number of nitrogens with zero attached hydrogens (tertiary/aromatic N) is 3. The van der Waals surface area contributed by atoms with E-state index in [2.05, 4.69) is 27.8 Å². The lowest BCUT2D eigenvalue weighted by Gasteiger charge is -2.38. The molecule has 3 fully saturated rings. The third-order valence-corrected chi connectivity index (χ3v) is 15.3. The van der Waals surface area contributed by atoms with Gasteiger partial charge in [-0.2, -0.15) is 8.78 Å². The van der Waals surface area contributed by atoms with Gasteiger partial charge >= 0.3 is 13.3 Å². The van der Waals surface area contributed by atoms with Crippen LogP contribution in [0.25, 0.3) is 10.1 Å². The molecule has 74 heavy (non-hydrogen) atoms. The second-order valence-corrected chi connectivity index (χ2v) is 22.1. The zero-order chi connectivity index (χ0) is 53.3. The number of ether oxygens (including phenoxy) is 2. The van der Waals surface area contributed by atoms with E-state index in [4.69, 9.17) is 9.47 Å². The van der Waals surface area contributed by atoms with Gasteiger partial charge in [0.1, 0.15) is 30.8 Å². The second-order valence-electron chi connectivity index (χ2n) is 19.4. The lowest BCUT2D eigenvalue weighted by molar-refractivity contribution is -0.150. The topological polar surface area (TPSA) is 258 Å². The van der Waals surface area contributed by atoms with Crippen molar-refractivity contribution in [3.63, 3.8) is 0 Å². The van der Waals surface area contributed by atoms with E-state index in [1.807, 2.05) is 30.3 Å². The molecule has 5 heterocycles. The lowest BCUT2D eigenvalue weighted by atomic mass is 9.85. The molecule has 0 spiro atoms. The molecule has 8 amide bonds. The quantitative estimate of drug-likeness (QED) is 0.0514. The number of rotatable bonds is 14. The Bertz CT molecular complexity index is 3040. The minimum absolute atomic E-state index is 0.0126. The summed E-state index contributed by atoms with van der Waals surface area (Å²) in [5.74, 6) is 1.16. The standard InChI is InChI=1S/C51H53F2N6O13PS/c1-50(2,3)43(56-45(63)39-24-31-23-32(16-18-38(31)74-39)51(52,53)73(68,69)70)49(67)58-26-33(25-36(58)47(65)57-21-22-71-37(27-57)29-11-6-4-7-12-29)72-28-41(61)54-20-9-5-8-13-30-14-10-15-34-42(30)48(66)59(46(34)64)35-17-19-40(60)55-44(35)62/h4,6-7,10-12,14-16,18,23-24,33,35-37,43H,5,9,17,19-22,25-28H2,1-3H3,(H,54,61)(H,56,63)(H,55,60,62)(H2,68,69,70)/t33-,35?,36-,37-,43?/m0/s1. The summed E-state index contributed by atoms with van der Waals surface area (Å²) in [5, 5.41) is 7.84. The number of morpholine rings is 1. The van der Waals surface area contributed by atoms with Gasteiger partial charge in [0, 0.05) is 54.7 Å². The summed E-state index contributed by atoms with van der Waals surface area (Å²) in [6, 6.07) is 14.9. The van der Waals surface area contributed by atoms with Crippen LogP contribution in [0.15, 0.2) is 72.8 Å². The highest BCUT2D eigenvalue weighted by Gasteiger charge is 2.51. The van der Waals surface area contributed by atoms with Crippen molar-refractivity contribution >= 4 is 76.3 Å². The molecule has 5 atom stereocenters. The van der Waals surface area contributed by atoms with Gasteiger partial charge in [-0.05, 0) is 59.5 Å². The van der Waals surface area contributed by atoms with Crippen LogP contribution in [-0.2, 0) is 43.7 Å². The predicted molar refractivity (Wildman–Crippen MR) is 262 cm³/mol. The average molecular weight is 1060 g/mol. The van der Waals surface area contributed by atoms with Gasteiger partial charge < -0.3 is 39.7 Å². The van der Waals surface area contributed by atoms with Gasteiger partial charge in [-0.15, -0.1) is 11.3 Å². The van der Waals surface area contributed by atoms with Crippen LogP contribution in [0.1, 0.15) is 106 Å². The van der Waals surface area contributed by atoms with E-state index in [-0.39, 0.29) is 85.8 Å². The number of fused-ring (bicyclic) bond motifs is 2. The molecule has 3 saturated heterocycles. The fourth-order valence-electron chi connectivity index (χ4n) is 9.28. The number of likely N-dealkylation sites (tertiary alicyclic amines) is 1. The highest BCUT2D eigenvalue weighted by atomic mass is 32.1. The van der Waals surface area contributed by atoms with Crippen LogP contribution >= 0.6 is 18.9 Å². The molecule has 2 unspecified atom stereocenters. The van der Waals surface area contributed by atoms with E-state index in [1.54, 1.807) is 37.8 Å². The average Bonchev–Trinajstić information content (AvgIpc) is 4.07. The van der Waals surface area contributed by atoms with Crippen LogP contribution in [0.5, 0.6) is 0 Å². The number of imide groups is 2. The van der Waals surface area contributed by atoms with Crippen LogP contribution in [0.3, 0.4) is 0 Å². The maximum absolute atomic E-state index is 14.8. The van der Waals surface area contributed by atoms with Gasteiger partial charge in [0.15, 0.2) is 0 Å². The molecule has 0 radical (unpaired) electrons. The highest BCUT2D eigenvalue weighted by molar-refractivity contribution is 7.52. The van der Waals surface area contributed by atoms with E-state index in [9.17, 15) is 61.5 Å². The number of benzene rings is 3. The first-order valence-electron chi connectivity index (χ1n) is 23.8. The van der Waals surface area contributed by atoms with E-state index < -0.39 is 103 Å². The summed E-state index contributed by atoms with van der Waals surface area (Å²) >= 11 is 0.924. The van der Waals surface area contributed by atoms with Crippen LogP contribution in [0.4, 0.5) is 8.78 Å². The molecule has 19 nitrogen and oxygen atoms in total. The number of unbranched alkanes of at least 4 members (excludes halogenated alkanes) is 1. The van der Waals surface area contributed by atoms with Gasteiger partial charge in [-0.1, -0.05) is 75.1 Å². The normalized spacial score (nSPS) is 20.7. The Morgan fingerprint density at radius 2 is 1.74 bits per heavy atom. The summed E-state index contributed by atoms with van der Waals surface area (Å²) in [6.07, 6.45) is -0.522. The van der Waals surface area contributed by atoms with Crippen LogP contribution in [0, 0.1) is 17.3 Å². The Morgan fingerprint density at radius 1 is 0.986 bits per heavy atom. The molecule has 0 bridgehead atoms. The van der Waals surface area contributed by atoms with Crippen molar-refractivity contribution in [3.8, 4) is 11.8 Å². The van der Waals surface area contributed by atoms with Crippen molar-refractivity contribution in [3.05, 3.63) is 105 Å². The van der Waals surface area contributed by atoms with Gasteiger partial charge in [-0.25, -0.2) is 0 Å². The second kappa shape index (κ2) is 21.6. The Balaban J connectivity index is 0.912. The number of halogens is 2. The van der Waals surface area contributed by atoms with Crippen molar-refractivity contribution in [1.29, 1.82) is 0 Å². The zero-order valence-corrected chi connectivity index (χ0v) is 42.1. The minimum atomic E-state index is -5.87. The van der Waals surface area contributed by atoms with Crippen LogP contribution < -0.4 is 16.0 Å². The molecule has 8 rings (SSSR count). The van der Waals surface area contributed by atoms with E-state index >= 15 is 0 Å². The summed E-state index contributed by atoms with van der Waals surface area (Å²) < 4.78 is 53.1. The van der Waals surface area contributed by atoms with Crippen molar-refractivity contribution in [1.82, 2.24) is 30.7 Å². The zero-order valence-electron chi connectivity index (χ0n) is 40.4. The monoisotopic (exact) mass is 1060 g/mol. The summed E-state index contributed by atoms with van der Waals surface area (Å²) in [7, 11) is -5.87. The first kappa shape index (κ1) is 53.6. The molecule has 4 aliphatic heterocycles. The van der Waals surface area contributed by atoms with Gasteiger partial charge in [0.05, 0.1) is 35.3 Å². The smallest absolute Gasteiger partial charge is 0.370 e. The number of hydrogen-bond acceptors (Lipinski definition) is 12. The van der Waals surface area contributed by atoms with Crippen LogP contribution in [0.2, 0.25) is 0 Å². The van der Waals surface area contributed by atoms with Crippen molar-refractivity contribution in [2.24, 2.45) is 5.41 Å². The largest absolute Gasteiger partial charge is 0.399 e. The van der Waals surface area contributed by atoms with Crippen molar-refractivity contribution < 1.29 is 71.0 Å². The lowest BCUT2D eigenvalue weighted by Crippen LogP contribution is -2.58. The third kappa shape index (κ3) is 11.3. The fourth-order valence-corrected chi connectivity index (χ4v) is 10.7. The van der Waals surface area contributed by atoms with Gasteiger partial charge in [0.2, 0.25) is 29.5 Å². The molecule has 0 saturated carbocycles. The molecule has 390 valence electrons. The predicted octanol–water partition coefficient (Wildman–Crippen LogP) is 4.21. The van der Waals surface area contributed by atoms with E-state index in [1.165, 1.54) is 23.1 Å². The highest BCUT2D eigenvalue weighted by Crippen LogP contribution is 2.59. The number of carbonyl (C=O) groups is 8. The number of piperidine rings is 1. The molecular formula is C51H53F2N6O13PS. The molecular weight excluding hydrogens is 1010 g/mol. The Morgan fingerprint density at radius 3 is 2.46 bits per heavy atom. The number of amides is 8. The Kier molecular flexibility index (Phi) is 15.6. The summed E-state index contributed by atoms with van der Waals surface area (Å²) in [6.45, 7) is 5.47. The third-order valence-electron chi connectivity index (χ3n) is 13.2. The molecule has 4 aromatic rings. The van der Waals surface area contributed by atoms with Gasteiger partial charge in [0.25, 0.3) is 17.7 Å². The number of nitrogens with one attached hydrogen (secondary N) is 3. The number of hydrogen-bond donors (Lipinski definition) is 5. The number of thiophene rings is 1. The van der Waals surface area contributed by atoms with E-state index in [0.717, 1.165) is 33.9 Å². The Hall–Kier alpha value is -6.73. The molecule has 0 aliphatic carbocycles. The molecule has 5 N–H and O–H groups in total. The first-order chi connectivity index (χ1) is 35.0.